The van der Waals surface area contributed by atoms with Crippen molar-refractivity contribution in [2.24, 2.45) is 0 Å². The van der Waals surface area contributed by atoms with Crippen LogP contribution in [0.2, 0.25) is 0 Å². The summed E-state index contributed by atoms with van der Waals surface area (Å²) in [5.74, 6) is -0.0683. The minimum Gasteiger partial charge on any atom is -0.363 e. The lowest BCUT2D eigenvalue weighted by atomic mass is 10.0. The van der Waals surface area contributed by atoms with Crippen LogP contribution in [-0.4, -0.2) is 31.2 Å². The van der Waals surface area contributed by atoms with Gasteiger partial charge in [-0.3, -0.25) is 4.79 Å². The van der Waals surface area contributed by atoms with E-state index in [1.54, 1.807) is 0 Å². The van der Waals surface area contributed by atoms with Crippen LogP contribution >= 0.6 is 0 Å². The summed E-state index contributed by atoms with van der Waals surface area (Å²) in [6.07, 6.45) is 0. The van der Waals surface area contributed by atoms with Crippen molar-refractivity contribution in [1.29, 1.82) is 0 Å². The molecular formula is C15H22N2O2. The van der Waals surface area contributed by atoms with E-state index < -0.39 is 0 Å². The van der Waals surface area contributed by atoms with Crippen molar-refractivity contribution in [3.63, 3.8) is 0 Å². The fourth-order valence-electron chi connectivity index (χ4n) is 2.04. The van der Waals surface area contributed by atoms with Crippen LogP contribution in [0.5, 0.6) is 0 Å². The molecule has 4 heteroatoms. The van der Waals surface area contributed by atoms with Crippen LogP contribution < -0.4 is 10.6 Å². The number of hydrogen-bond acceptors (Lipinski definition) is 3. The largest absolute Gasteiger partial charge is 0.363 e. The van der Waals surface area contributed by atoms with Gasteiger partial charge < -0.3 is 15.4 Å². The van der Waals surface area contributed by atoms with E-state index in [2.05, 4.69) is 22.8 Å². The standard InChI is InChI=1S/C15H22N2O2/c1-11-4-6-13(7-5-11)12(2)17-14(18)8-19-15(3)9-16-10-15/h4-7,12,16H,8-10H2,1-3H3,(H,17,18). The molecule has 2 N–H and O–H groups in total. The fourth-order valence-corrected chi connectivity index (χ4v) is 2.04. The molecule has 0 saturated carbocycles. The summed E-state index contributed by atoms with van der Waals surface area (Å²) >= 11 is 0. The van der Waals surface area contributed by atoms with E-state index in [-0.39, 0.29) is 24.2 Å². The molecule has 1 aromatic rings. The molecular weight excluding hydrogens is 240 g/mol. The summed E-state index contributed by atoms with van der Waals surface area (Å²) < 4.78 is 5.61. The van der Waals surface area contributed by atoms with Gasteiger partial charge >= 0.3 is 0 Å². The number of carbonyl (C=O) groups excluding carboxylic acids is 1. The van der Waals surface area contributed by atoms with Gasteiger partial charge in [-0.05, 0) is 26.3 Å². The molecule has 0 spiro atoms. The average molecular weight is 262 g/mol. The molecule has 1 heterocycles. The molecule has 1 fully saturated rings. The van der Waals surface area contributed by atoms with Gasteiger partial charge in [0.15, 0.2) is 0 Å². The molecule has 0 radical (unpaired) electrons. The molecule has 1 atom stereocenters. The zero-order valence-corrected chi connectivity index (χ0v) is 11.8. The number of aryl methyl sites for hydroxylation is 1. The summed E-state index contributed by atoms with van der Waals surface area (Å²) in [4.78, 5) is 11.8. The summed E-state index contributed by atoms with van der Waals surface area (Å²) in [7, 11) is 0. The first-order valence-electron chi connectivity index (χ1n) is 6.69. The first kappa shape index (κ1) is 14.0. The van der Waals surface area contributed by atoms with Crippen LogP contribution in [-0.2, 0) is 9.53 Å². The predicted molar refractivity (Wildman–Crippen MR) is 75.0 cm³/mol. The van der Waals surface area contributed by atoms with Gasteiger partial charge in [0.05, 0.1) is 11.6 Å². The van der Waals surface area contributed by atoms with Crippen molar-refractivity contribution >= 4 is 5.91 Å². The Labute approximate surface area is 114 Å². The monoisotopic (exact) mass is 262 g/mol. The highest BCUT2D eigenvalue weighted by atomic mass is 16.5. The van der Waals surface area contributed by atoms with E-state index in [0.29, 0.717) is 0 Å². The van der Waals surface area contributed by atoms with Gasteiger partial charge in [0.1, 0.15) is 6.61 Å². The number of carbonyl (C=O) groups is 1. The molecule has 1 aromatic carbocycles. The number of amides is 1. The Bertz CT molecular complexity index is 438. The van der Waals surface area contributed by atoms with Crippen LogP contribution in [0.15, 0.2) is 24.3 Å². The van der Waals surface area contributed by atoms with Crippen molar-refractivity contribution in [3.05, 3.63) is 35.4 Å². The van der Waals surface area contributed by atoms with Crippen LogP contribution in [0.4, 0.5) is 0 Å². The van der Waals surface area contributed by atoms with E-state index in [0.717, 1.165) is 18.7 Å². The van der Waals surface area contributed by atoms with Crippen LogP contribution in [0, 0.1) is 6.92 Å². The molecule has 0 aliphatic carbocycles. The highest BCUT2D eigenvalue weighted by Gasteiger charge is 2.33. The Morgan fingerprint density at radius 3 is 2.58 bits per heavy atom. The summed E-state index contributed by atoms with van der Waals surface area (Å²) in [5.41, 5.74) is 2.15. The quantitative estimate of drug-likeness (QED) is 0.846. The number of ether oxygens (including phenoxy) is 1. The van der Waals surface area contributed by atoms with Gasteiger partial charge in [-0.15, -0.1) is 0 Å². The third-order valence-corrected chi connectivity index (χ3v) is 3.50. The summed E-state index contributed by atoms with van der Waals surface area (Å²) in [6.45, 7) is 7.79. The van der Waals surface area contributed by atoms with Gasteiger partial charge in [-0.2, -0.15) is 0 Å². The molecule has 0 aromatic heterocycles. The van der Waals surface area contributed by atoms with E-state index in [1.807, 2.05) is 32.9 Å². The molecule has 1 unspecified atom stereocenters. The Morgan fingerprint density at radius 2 is 2.05 bits per heavy atom. The van der Waals surface area contributed by atoms with E-state index >= 15 is 0 Å². The average Bonchev–Trinajstić information content (AvgIpc) is 2.35. The maximum Gasteiger partial charge on any atom is 0.246 e. The van der Waals surface area contributed by atoms with Crippen molar-refractivity contribution in [2.45, 2.75) is 32.4 Å². The second-order valence-corrected chi connectivity index (χ2v) is 5.54. The third kappa shape index (κ3) is 3.78. The maximum absolute atomic E-state index is 11.8. The minimum atomic E-state index is -0.176. The van der Waals surface area contributed by atoms with E-state index in [1.165, 1.54) is 5.56 Å². The van der Waals surface area contributed by atoms with Gasteiger partial charge in [-0.25, -0.2) is 0 Å². The molecule has 1 aliphatic rings. The lowest BCUT2D eigenvalue weighted by molar-refractivity contribution is -0.136. The first-order valence-corrected chi connectivity index (χ1v) is 6.69. The Hall–Kier alpha value is -1.39. The van der Waals surface area contributed by atoms with Crippen molar-refractivity contribution in [2.75, 3.05) is 19.7 Å². The minimum absolute atomic E-state index is 0.00372. The van der Waals surface area contributed by atoms with Gasteiger partial charge in [0.25, 0.3) is 0 Å². The Kier molecular flexibility index (Phi) is 4.22. The SMILES string of the molecule is Cc1ccc(C(C)NC(=O)COC2(C)CNC2)cc1. The van der Waals surface area contributed by atoms with Crippen LogP contribution in [0.3, 0.4) is 0 Å². The van der Waals surface area contributed by atoms with E-state index in [4.69, 9.17) is 4.74 Å². The molecule has 4 nitrogen and oxygen atoms in total. The second kappa shape index (κ2) is 5.72. The van der Waals surface area contributed by atoms with Crippen molar-refractivity contribution in [3.8, 4) is 0 Å². The van der Waals surface area contributed by atoms with E-state index in [9.17, 15) is 4.79 Å². The van der Waals surface area contributed by atoms with Gasteiger partial charge in [-0.1, -0.05) is 29.8 Å². The lowest BCUT2D eigenvalue weighted by Gasteiger charge is -2.38. The molecule has 104 valence electrons. The molecule has 2 rings (SSSR count). The molecule has 1 saturated heterocycles. The maximum atomic E-state index is 11.8. The third-order valence-electron chi connectivity index (χ3n) is 3.50. The summed E-state index contributed by atoms with van der Waals surface area (Å²) in [6, 6.07) is 8.19. The van der Waals surface area contributed by atoms with Crippen molar-refractivity contribution < 1.29 is 9.53 Å². The summed E-state index contributed by atoms with van der Waals surface area (Å²) in [5, 5.41) is 6.09. The van der Waals surface area contributed by atoms with Crippen LogP contribution in [0.25, 0.3) is 0 Å². The normalized spacial score (nSPS) is 18.5. The topological polar surface area (TPSA) is 50.4 Å². The number of hydrogen-bond donors (Lipinski definition) is 2. The number of rotatable bonds is 5. The van der Waals surface area contributed by atoms with Gasteiger partial charge in [0.2, 0.25) is 5.91 Å². The molecule has 1 amide bonds. The lowest BCUT2D eigenvalue weighted by Crippen LogP contribution is -2.59. The van der Waals surface area contributed by atoms with Crippen molar-refractivity contribution in [1.82, 2.24) is 10.6 Å². The zero-order chi connectivity index (χ0) is 13.9. The second-order valence-electron chi connectivity index (χ2n) is 5.54. The number of nitrogens with one attached hydrogen (secondary N) is 2. The fraction of sp³-hybridized carbons (Fsp3) is 0.533. The first-order chi connectivity index (χ1) is 8.98. The zero-order valence-electron chi connectivity index (χ0n) is 11.8. The predicted octanol–water partition coefficient (Wildman–Crippen LogP) is 1.55. The molecule has 1 aliphatic heterocycles. The van der Waals surface area contributed by atoms with Crippen LogP contribution in [0.1, 0.15) is 31.0 Å². The van der Waals surface area contributed by atoms with Gasteiger partial charge in [0, 0.05) is 13.1 Å². The Balaban J connectivity index is 1.79. The highest BCUT2D eigenvalue weighted by Crippen LogP contribution is 2.16. The molecule has 19 heavy (non-hydrogen) atoms. The smallest absolute Gasteiger partial charge is 0.246 e. The highest BCUT2D eigenvalue weighted by molar-refractivity contribution is 5.77. The number of benzene rings is 1. The molecule has 0 bridgehead atoms. The Morgan fingerprint density at radius 1 is 1.42 bits per heavy atom.